The minimum absolute atomic E-state index is 0.0134. The Morgan fingerprint density at radius 1 is 1.05 bits per heavy atom. The number of ether oxygens (including phenoxy) is 1. The maximum Gasteiger partial charge on any atom is 0.410 e. The van der Waals surface area contributed by atoms with Gasteiger partial charge < -0.3 is 19.5 Å². The van der Waals surface area contributed by atoms with Gasteiger partial charge in [-0.1, -0.05) is 81.4 Å². The number of amides is 1. The average Bonchev–Trinajstić information content (AvgIpc) is 3.43. The predicted molar refractivity (Wildman–Crippen MR) is 150 cm³/mol. The van der Waals surface area contributed by atoms with E-state index in [-0.39, 0.29) is 31.0 Å². The fraction of sp³-hybridized carbons (Fsp3) is 0.484. The maximum atomic E-state index is 16.0. The topological polar surface area (TPSA) is 59.4 Å². The Bertz CT molecular complexity index is 1210. The van der Waals surface area contributed by atoms with Crippen LogP contribution in [0.3, 0.4) is 0 Å². The molecule has 1 unspecified atom stereocenters. The van der Waals surface area contributed by atoms with Gasteiger partial charge in [0.25, 0.3) is 0 Å². The molecule has 2 heterocycles. The summed E-state index contributed by atoms with van der Waals surface area (Å²) in [6.07, 6.45) is 1.89. The molecule has 1 amide bonds. The summed E-state index contributed by atoms with van der Waals surface area (Å²) in [5.74, 6) is 0.866. The van der Waals surface area contributed by atoms with Crippen LogP contribution in [0.1, 0.15) is 65.4 Å². The second-order valence-electron chi connectivity index (χ2n) is 12.4. The van der Waals surface area contributed by atoms with Crippen LogP contribution in [0.5, 0.6) is 0 Å². The Hall–Kier alpha value is -3.19. The first-order valence-corrected chi connectivity index (χ1v) is 13.4. The summed E-state index contributed by atoms with van der Waals surface area (Å²) in [6.45, 7) is 13.0. The lowest BCUT2D eigenvalue weighted by Crippen LogP contribution is -2.45. The monoisotopic (exact) mass is 520 g/mol. The zero-order valence-corrected chi connectivity index (χ0v) is 23.5. The number of likely N-dealkylation sites (tertiary alicyclic amines) is 1. The number of rotatable bonds is 7. The number of halogens is 1. The molecule has 2 atom stereocenters. The molecule has 0 radical (unpaired) electrons. The van der Waals surface area contributed by atoms with Gasteiger partial charge in [0.15, 0.2) is 0 Å². The van der Waals surface area contributed by atoms with E-state index in [2.05, 4.69) is 61.1 Å². The van der Waals surface area contributed by atoms with Gasteiger partial charge in [-0.05, 0) is 31.7 Å². The Labute approximate surface area is 226 Å². The minimum Gasteiger partial charge on any atom is -0.444 e. The molecule has 1 aliphatic rings. The first-order chi connectivity index (χ1) is 17.8. The molecular formula is C31H41FN4O2. The van der Waals surface area contributed by atoms with Crippen molar-refractivity contribution in [3.05, 3.63) is 78.2 Å². The van der Waals surface area contributed by atoms with E-state index in [0.717, 1.165) is 17.1 Å². The molecule has 1 aliphatic heterocycles. The van der Waals surface area contributed by atoms with Crippen molar-refractivity contribution in [3.63, 3.8) is 0 Å². The Morgan fingerprint density at radius 3 is 2.29 bits per heavy atom. The number of imidazole rings is 1. The SMILES string of the molecule is CC(C)(C)OC(=O)N1CCC(F)(CN[C@@H](c2nc(-c3ccccc3)cn2Cc2ccccc2)C(C)(C)C)C1. The number of nitrogens with one attached hydrogen (secondary N) is 1. The van der Waals surface area contributed by atoms with Crippen LogP contribution in [0.4, 0.5) is 9.18 Å². The van der Waals surface area contributed by atoms with E-state index >= 15 is 4.39 Å². The summed E-state index contributed by atoms with van der Waals surface area (Å²) in [4.78, 5) is 19.1. The summed E-state index contributed by atoms with van der Waals surface area (Å²) in [6, 6.07) is 20.2. The van der Waals surface area contributed by atoms with E-state index in [1.54, 1.807) is 0 Å². The molecule has 4 rings (SSSR count). The lowest BCUT2D eigenvalue weighted by molar-refractivity contribution is 0.0255. The molecule has 0 aliphatic carbocycles. The fourth-order valence-corrected chi connectivity index (χ4v) is 4.85. The standard InChI is InChI=1S/C31H41FN4O2/c1-29(2,3)26(33-21-31(32)17-18-35(22-31)28(37)38-30(4,5)6)27-34-25(24-15-11-8-12-16-24)20-36(27)19-23-13-9-7-10-14-23/h7-16,20,26,33H,17-19,21-22H2,1-6H3/t26-,31?/m0/s1. The van der Waals surface area contributed by atoms with Gasteiger partial charge in [-0.2, -0.15) is 0 Å². The molecule has 204 valence electrons. The number of carbonyl (C=O) groups excluding carboxylic acids is 1. The molecule has 1 aromatic heterocycles. The average molecular weight is 521 g/mol. The molecule has 7 heteroatoms. The molecule has 0 spiro atoms. The zero-order chi connectivity index (χ0) is 27.6. The molecule has 2 aromatic carbocycles. The number of benzene rings is 2. The highest BCUT2D eigenvalue weighted by atomic mass is 19.1. The zero-order valence-electron chi connectivity index (χ0n) is 23.5. The van der Waals surface area contributed by atoms with Crippen LogP contribution in [0.2, 0.25) is 0 Å². The molecule has 1 fully saturated rings. The van der Waals surface area contributed by atoms with E-state index in [1.165, 1.54) is 10.5 Å². The summed E-state index contributed by atoms with van der Waals surface area (Å²) < 4.78 is 23.6. The van der Waals surface area contributed by atoms with Crippen molar-refractivity contribution in [3.8, 4) is 11.3 Å². The number of nitrogens with zero attached hydrogens (tertiary/aromatic N) is 3. The minimum atomic E-state index is -1.54. The highest BCUT2D eigenvalue weighted by Crippen LogP contribution is 2.36. The second-order valence-corrected chi connectivity index (χ2v) is 12.4. The first kappa shape index (κ1) is 27.8. The van der Waals surface area contributed by atoms with Crippen molar-refractivity contribution in [2.75, 3.05) is 19.6 Å². The fourth-order valence-electron chi connectivity index (χ4n) is 4.85. The van der Waals surface area contributed by atoms with Gasteiger partial charge >= 0.3 is 6.09 Å². The van der Waals surface area contributed by atoms with E-state index in [4.69, 9.17) is 9.72 Å². The first-order valence-electron chi connectivity index (χ1n) is 13.4. The summed E-state index contributed by atoms with van der Waals surface area (Å²) >= 11 is 0. The maximum absolute atomic E-state index is 16.0. The number of alkyl halides is 1. The third-order valence-electron chi connectivity index (χ3n) is 6.78. The molecule has 1 N–H and O–H groups in total. The van der Waals surface area contributed by atoms with Crippen LogP contribution in [0.25, 0.3) is 11.3 Å². The van der Waals surface area contributed by atoms with Crippen molar-refractivity contribution in [2.24, 2.45) is 5.41 Å². The van der Waals surface area contributed by atoms with Gasteiger partial charge in [-0.15, -0.1) is 0 Å². The van der Waals surface area contributed by atoms with Gasteiger partial charge in [0, 0.05) is 37.8 Å². The van der Waals surface area contributed by atoms with E-state index in [0.29, 0.717) is 13.1 Å². The van der Waals surface area contributed by atoms with Crippen LogP contribution >= 0.6 is 0 Å². The van der Waals surface area contributed by atoms with Gasteiger partial charge in [0.1, 0.15) is 17.1 Å². The third kappa shape index (κ3) is 7.01. The quantitative estimate of drug-likeness (QED) is 0.380. The number of aromatic nitrogens is 2. The number of hydrogen-bond donors (Lipinski definition) is 1. The summed E-state index contributed by atoms with van der Waals surface area (Å²) in [5.41, 5.74) is 0.704. The molecule has 38 heavy (non-hydrogen) atoms. The van der Waals surface area contributed by atoms with Gasteiger partial charge in [0.2, 0.25) is 0 Å². The molecule has 1 saturated heterocycles. The van der Waals surface area contributed by atoms with E-state index in [1.807, 2.05) is 57.2 Å². The van der Waals surface area contributed by atoms with Crippen LogP contribution in [-0.4, -0.2) is 51.4 Å². The Morgan fingerprint density at radius 2 is 1.68 bits per heavy atom. The van der Waals surface area contributed by atoms with E-state index < -0.39 is 17.4 Å². The van der Waals surface area contributed by atoms with Crippen molar-refractivity contribution < 1.29 is 13.9 Å². The Kier molecular flexibility index (Phi) is 7.98. The van der Waals surface area contributed by atoms with Crippen LogP contribution in [0.15, 0.2) is 66.9 Å². The van der Waals surface area contributed by atoms with Crippen molar-refractivity contribution in [2.45, 2.75) is 71.8 Å². The smallest absolute Gasteiger partial charge is 0.410 e. The highest BCUT2D eigenvalue weighted by Gasteiger charge is 2.43. The third-order valence-corrected chi connectivity index (χ3v) is 6.78. The van der Waals surface area contributed by atoms with Crippen LogP contribution in [0, 0.1) is 5.41 Å². The second kappa shape index (κ2) is 10.9. The number of carbonyl (C=O) groups is 1. The van der Waals surface area contributed by atoms with Crippen LogP contribution in [-0.2, 0) is 11.3 Å². The highest BCUT2D eigenvalue weighted by molar-refractivity contribution is 5.68. The lowest BCUT2D eigenvalue weighted by Gasteiger charge is -2.34. The normalized spacial score (nSPS) is 19.0. The molecule has 0 bridgehead atoms. The largest absolute Gasteiger partial charge is 0.444 e. The molecule has 3 aromatic rings. The van der Waals surface area contributed by atoms with Crippen molar-refractivity contribution >= 4 is 6.09 Å². The Balaban J connectivity index is 1.58. The van der Waals surface area contributed by atoms with Crippen LogP contribution < -0.4 is 5.32 Å². The van der Waals surface area contributed by atoms with Crippen molar-refractivity contribution in [1.29, 1.82) is 0 Å². The molecule has 0 saturated carbocycles. The van der Waals surface area contributed by atoms with Gasteiger partial charge in [-0.25, -0.2) is 14.2 Å². The van der Waals surface area contributed by atoms with E-state index in [9.17, 15) is 4.79 Å². The van der Waals surface area contributed by atoms with Gasteiger partial charge in [-0.3, -0.25) is 0 Å². The molecule has 6 nitrogen and oxygen atoms in total. The number of hydrogen-bond acceptors (Lipinski definition) is 4. The molecular weight excluding hydrogens is 479 g/mol. The van der Waals surface area contributed by atoms with Gasteiger partial charge in [0.05, 0.1) is 18.3 Å². The summed E-state index contributed by atoms with van der Waals surface area (Å²) in [7, 11) is 0. The lowest BCUT2D eigenvalue weighted by atomic mass is 9.85. The predicted octanol–water partition coefficient (Wildman–Crippen LogP) is 6.62. The summed E-state index contributed by atoms with van der Waals surface area (Å²) in [5, 5.41) is 3.52. The van der Waals surface area contributed by atoms with Crippen molar-refractivity contribution in [1.82, 2.24) is 19.8 Å².